The fourth-order valence-electron chi connectivity index (χ4n) is 5.65. The normalized spacial score (nSPS) is 12.9. The number of aromatic hydroxyl groups is 2. The van der Waals surface area contributed by atoms with Crippen molar-refractivity contribution in [3.63, 3.8) is 0 Å². The predicted octanol–water partition coefficient (Wildman–Crippen LogP) is 8.81. The van der Waals surface area contributed by atoms with Crippen LogP contribution in [-0.2, 0) is 29.1 Å². The van der Waals surface area contributed by atoms with Gasteiger partial charge in [-0.25, -0.2) is 0 Å². The van der Waals surface area contributed by atoms with Crippen LogP contribution in [0.1, 0.15) is 108 Å². The molecule has 194 valence electrons. The first kappa shape index (κ1) is 27.8. The largest absolute Gasteiger partial charge is 0.507 e. The molecule has 0 aliphatic rings. The zero-order valence-corrected chi connectivity index (χ0v) is 24.1. The van der Waals surface area contributed by atoms with Crippen LogP contribution in [0.15, 0.2) is 54.6 Å². The van der Waals surface area contributed by atoms with Crippen LogP contribution < -0.4 is 0 Å². The Kier molecular flexibility index (Phi) is 7.70. The van der Waals surface area contributed by atoms with E-state index in [1.807, 2.05) is 6.07 Å². The molecular formula is C34H46O2. The van der Waals surface area contributed by atoms with Crippen molar-refractivity contribution in [1.82, 2.24) is 0 Å². The Balaban J connectivity index is 2.65. The van der Waals surface area contributed by atoms with Gasteiger partial charge in [0.25, 0.3) is 0 Å². The van der Waals surface area contributed by atoms with Crippen LogP contribution in [0.2, 0.25) is 0 Å². The Morgan fingerprint density at radius 2 is 0.972 bits per heavy atom. The third-order valence-corrected chi connectivity index (χ3v) is 7.72. The second-order valence-corrected chi connectivity index (χ2v) is 12.6. The summed E-state index contributed by atoms with van der Waals surface area (Å²) in [7, 11) is 0. The SMILES string of the molecule is CCc1cc(C(C)(C)C)c(O)c(C(c2ccccc2)(c2cc(CC)cc(C(C)(C)C)c2O)C(C)C)c1. The van der Waals surface area contributed by atoms with E-state index in [9.17, 15) is 10.2 Å². The summed E-state index contributed by atoms with van der Waals surface area (Å²) in [5.74, 6) is 0.711. The van der Waals surface area contributed by atoms with E-state index in [1.54, 1.807) is 0 Å². The van der Waals surface area contributed by atoms with Gasteiger partial charge in [-0.2, -0.15) is 0 Å². The maximum Gasteiger partial charge on any atom is 0.123 e. The lowest BCUT2D eigenvalue weighted by Crippen LogP contribution is -2.36. The van der Waals surface area contributed by atoms with Crippen LogP contribution in [0.5, 0.6) is 11.5 Å². The van der Waals surface area contributed by atoms with Crippen molar-refractivity contribution in [3.8, 4) is 11.5 Å². The van der Waals surface area contributed by atoms with Crippen LogP contribution in [-0.4, -0.2) is 10.2 Å². The van der Waals surface area contributed by atoms with Crippen molar-refractivity contribution < 1.29 is 10.2 Å². The molecule has 0 aliphatic heterocycles. The molecule has 0 atom stereocenters. The van der Waals surface area contributed by atoms with Crippen molar-refractivity contribution in [2.24, 2.45) is 5.92 Å². The lowest BCUT2D eigenvalue weighted by Gasteiger charge is -2.42. The van der Waals surface area contributed by atoms with Gasteiger partial charge < -0.3 is 10.2 Å². The minimum Gasteiger partial charge on any atom is -0.507 e. The van der Waals surface area contributed by atoms with Crippen molar-refractivity contribution in [2.75, 3.05) is 0 Å². The van der Waals surface area contributed by atoms with E-state index < -0.39 is 5.41 Å². The monoisotopic (exact) mass is 486 g/mol. The van der Waals surface area contributed by atoms with Gasteiger partial charge in [0.05, 0.1) is 5.41 Å². The number of rotatable bonds is 6. The molecule has 0 spiro atoms. The zero-order valence-electron chi connectivity index (χ0n) is 24.1. The Morgan fingerprint density at radius 1 is 0.611 bits per heavy atom. The molecule has 0 amide bonds. The van der Waals surface area contributed by atoms with E-state index in [2.05, 4.69) is 118 Å². The topological polar surface area (TPSA) is 40.5 Å². The van der Waals surface area contributed by atoms with Gasteiger partial charge in [0, 0.05) is 11.1 Å². The van der Waals surface area contributed by atoms with Gasteiger partial charge in [-0.05, 0) is 57.4 Å². The third kappa shape index (κ3) is 4.80. The first-order valence-corrected chi connectivity index (χ1v) is 13.5. The summed E-state index contributed by atoms with van der Waals surface area (Å²) >= 11 is 0. The summed E-state index contributed by atoms with van der Waals surface area (Å²) < 4.78 is 0. The fourth-order valence-corrected chi connectivity index (χ4v) is 5.65. The molecule has 3 rings (SSSR count). The molecule has 2 N–H and O–H groups in total. The first-order chi connectivity index (χ1) is 16.7. The maximum atomic E-state index is 12.0. The molecule has 0 saturated carbocycles. The third-order valence-electron chi connectivity index (χ3n) is 7.72. The number of benzene rings is 3. The van der Waals surface area contributed by atoms with E-state index in [0.717, 1.165) is 40.7 Å². The molecule has 3 aromatic rings. The fraction of sp³-hybridized carbons (Fsp3) is 0.471. The highest BCUT2D eigenvalue weighted by Crippen LogP contribution is 2.54. The summed E-state index contributed by atoms with van der Waals surface area (Å²) in [6.07, 6.45) is 1.74. The quantitative estimate of drug-likeness (QED) is 0.342. The molecule has 0 aliphatic carbocycles. The lowest BCUT2D eigenvalue weighted by molar-refractivity contribution is 0.369. The number of hydrogen-bond donors (Lipinski definition) is 2. The van der Waals surface area contributed by atoms with Crippen LogP contribution >= 0.6 is 0 Å². The summed E-state index contributed by atoms with van der Waals surface area (Å²) in [5.41, 5.74) is 5.89. The molecule has 0 radical (unpaired) electrons. The van der Waals surface area contributed by atoms with Crippen LogP contribution in [0.25, 0.3) is 0 Å². The van der Waals surface area contributed by atoms with Crippen LogP contribution in [0.3, 0.4) is 0 Å². The minimum absolute atomic E-state index is 0.0524. The summed E-state index contributed by atoms with van der Waals surface area (Å²) in [6, 6.07) is 19.1. The molecule has 2 heteroatoms. The molecule has 0 fully saturated rings. The highest BCUT2D eigenvalue weighted by atomic mass is 16.3. The van der Waals surface area contributed by atoms with E-state index in [0.29, 0.717) is 11.5 Å². The summed E-state index contributed by atoms with van der Waals surface area (Å²) in [4.78, 5) is 0. The number of phenols is 2. The number of phenolic OH excluding ortho intramolecular Hbond substituents is 2. The molecule has 3 aromatic carbocycles. The van der Waals surface area contributed by atoms with Gasteiger partial charge in [0.2, 0.25) is 0 Å². The maximum absolute atomic E-state index is 12.0. The van der Waals surface area contributed by atoms with E-state index >= 15 is 0 Å². The zero-order chi connectivity index (χ0) is 27.1. The van der Waals surface area contributed by atoms with Crippen LogP contribution in [0, 0.1) is 5.92 Å². The number of hydrogen-bond acceptors (Lipinski definition) is 2. The highest BCUT2D eigenvalue weighted by molar-refractivity contribution is 5.64. The number of aryl methyl sites for hydroxylation is 2. The lowest BCUT2D eigenvalue weighted by atomic mass is 9.60. The van der Waals surface area contributed by atoms with Crippen molar-refractivity contribution in [2.45, 2.75) is 98.3 Å². The van der Waals surface area contributed by atoms with Gasteiger partial charge in [0.15, 0.2) is 0 Å². The van der Waals surface area contributed by atoms with Crippen molar-refractivity contribution in [3.05, 3.63) is 93.5 Å². The predicted molar refractivity (Wildman–Crippen MR) is 154 cm³/mol. The smallest absolute Gasteiger partial charge is 0.123 e. The second kappa shape index (κ2) is 9.96. The molecule has 0 saturated heterocycles. The molecule has 36 heavy (non-hydrogen) atoms. The van der Waals surface area contributed by atoms with Gasteiger partial charge in [0.1, 0.15) is 11.5 Å². The van der Waals surface area contributed by atoms with E-state index in [1.165, 1.54) is 11.1 Å². The molecule has 0 bridgehead atoms. The standard InChI is InChI=1S/C34H46O2/c1-11-23-18-26(32(5,6)7)30(35)28(20-23)34(22(3)4,25-16-14-13-15-17-25)29-21-24(12-2)19-27(31(29)36)33(8,9)10/h13-22,35-36H,11-12H2,1-10H3. The molecule has 0 heterocycles. The average molecular weight is 487 g/mol. The molecule has 0 unspecified atom stereocenters. The van der Waals surface area contributed by atoms with E-state index in [-0.39, 0.29) is 16.7 Å². The summed E-state index contributed by atoms with van der Waals surface area (Å²) in [5, 5.41) is 24.0. The van der Waals surface area contributed by atoms with Crippen molar-refractivity contribution in [1.29, 1.82) is 0 Å². The molecule has 2 nitrogen and oxygen atoms in total. The Labute approximate surface area is 219 Å². The molecule has 0 aromatic heterocycles. The Hall–Kier alpha value is -2.74. The minimum atomic E-state index is -0.744. The highest BCUT2D eigenvalue weighted by Gasteiger charge is 2.45. The summed E-state index contributed by atoms with van der Waals surface area (Å²) in [6.45, 7) is 21.6. The van der Waals surface area contributed by atoms with Gasteiger partial charge in [-0.15, -0.1) is 0 Å². The second-order valence-electron chi connectivity index (χ2n) is 12.6. The van der Waals surface area contributed by atoms with E-state index in [4.69, 9.17) is 0 Å². The average Bonchev–Trinajstić information content (AvgIpc) is 2.80. The van der Waals surface area contributed by atoms with Gasteiger partial charge >= 0.3 is 0 Å². The first-order valence-electron chi connectivity index (χ1n) is 13.5. The molecular weight excluding hydrogens is 440 g/mol. The Morgan fingerprint density at radius 3 is 1.28 bits per heavy atom. The van der Waals surface area contributed by atoms with Gasteiger partial charge in [-0.3, -0.25) is 0 Å². The van der Waals surface area contributed by atoms with Crippen LogP contribution in [0.4, 0.5) is 0 Å². The van der Waals surface area contributed by atoms with Gasteiger partial charge in [-0.1, -0.05) is 124 Å². The Bertz CT molecular complexity index is 1130. The van der Waals surface area contributed by atoms with Crippen molar-refractivity contribution >= 4 is 0 Å².